The minimum absolute atomic E-state index is 0.174. The summed E-state index contributed by atoms with van der Waals surface area (Å²) < 4.78 is 9.39. The smallest absolute Gasteiger partial charge is 0.317 e. The van der Waals surface area contributed by atoms with E-state index in [-0.39, 0.29) is 11.2 Å². The van der Waals surface area contributed by atoms with Crippen LogP contribution in [0.5, 0.6) is 0 Å². The number of nitrogens with one attached hydrogen (secondary N) is 1. The Labute approximate surface area is 225 Å². The van der Waals surface area contributed by atoms with Crippen molar-refractivity contribution in [2.45, 2.75) is 23.6 Å². The second-order valence-electron chi connectivity index (χ2n) is 8.35. The van der Waals surface area contributed by atoms with E-state index >= 15 is 0 Å². The lowest BCUT2D eigenvalue weighted by Gasteiger charge is -2.35. The molecule has 1 amide bonds. The van der Waals surface area contributed by atoms with Crippen molar-refractivity contribution in [3.8, 4) is 0 Å². The number of rotatable bonds is 11. The molecule has 0 spiro atoms. The lowest BCUT2D eigenvalue weighted by Crippen LogP contribution is -2.68. The zero-order valence-corrected chi connectivity index (χ0v) is 22.2. The Kier molecular flexibility index (Phi) is 8.83. The molecular formula is C26H28Cl3N4O3+. The van der Waals surface area contributed by atoms with Crippen LogP contribution < -0.4 is 10.0 Å². The average Bonchev–Trinajstić information content (AvgIpc) is 3.18. The number of nitrogens with zero attached hydrogens (tertiary/aromatic N) is 3. The Morgan fingerprint density at radius 1 is 1.03 bits per heavy atom. The standard InChI is InChI=1S/C26H27Cl3N4O3/c1-2-35-18-23-31-22-17-30-21-13-7-6-12-20(21)24(22)33(23,32-25(34)26(27,28)29)14-16-36-15-8-11-19-9-4-3-5-10-19/h3-7,9-10,12-13,17H,2,8,11,14-16,18H2,1H3/p+1. The van der Waals surface area contributed by atoms with Crippen molar-refractivity contribution in [1.29, 1.82) is 0 Å². The Hall–Kier alpha value is -2.26. The number of amidine groups is 1. The zero-order valence-electron chi connectivity index (χ0n) is 19.9. The third-order valence-corrected chi connectivity index (χ3v) is 6.47. The number of para-hydroxylation sites is 1. The molecule has 0 bridgehead atoms. The summed E-state index contributed by atoms with van der Waals surface area (Å²) in [5, 5.41) is 0.832. The molecule has 1 unspecified atom stereocenters. The highest BCUT2D eigenvalue weighted by atomic mass is 35.6. The highest BCUT2D eigenvalue weighted by molar-refractivity contribution is 6.76. The number of aliphatic imine (C=N–C) groups is 1. The molecule has 7 nitrogen and oxygen atoms in total. The molecule has 190 valence electrons. The summed E-state index contributed by atoms with van der Waals surface area (Å²) >= 11 is 17.9. The number of halogens is 3. The van der Waals surface area contributed by atoms with Crippen molar-refractivity contribution in [3.05, 3.63) is 66.4 Å². The van der Waals surface area contributed by atoms with Crippen LogP contribution in [-0.4, -0.2) is 53.5 Å². The Balaban J connectivity index is 1.61. The molecule has 0 aliphatic carbocycles. The summed E-state index contributed by atoms with van der Waals surface area (Å²) in [5.74, 6) is -0.213. The van der Waals surface area contributed by atoms with Crippen LogP contribution in [-0.2, 0) is 20.7 Å². The van der Waals surface area contributed by atoms with Gasteiger partial charge in [0.2, 0.25) is 5.69 Å². The predicted molar refractivity (Wildman–Crippen MR) is 146 cm³/mol. The monoisotopic (exact) mass is 549 g/mol. The van der Waals surface area contributed by atoms with Gasteiger partial charge in [0.25, 0.3) is 9.63 Å². The molecule has 1 aromatic heterocycles. The van der Waals surface area contributed by atoms with Gasteiger partial charge in [0.15, 0.2) is 5.69 Å². The van der Waals surface area contributed by atoms with Crippen LogP contribution in [0, 0.1) is 0 Å². The fourth-order valence-electron chi connectivity index (χ4n) is 4.27. The van der Waals surface area contributed by atoms with Gasteiger partial charge in [0.1, 0.15) is 13.2 Å². The number of hydrogen-bond donors (Lipinski definition) is 1. The molecule has 3 aromatic rings. The van der Waals surface area contributed by atoms with E-state index in [0.29, 0.717) is 37.9 Å². The first kappa shape index (κ1) is 26.8. The maximum atomic E-state index is 13.0. The van der Waals surface area contributed by atoms with E-state index in [4.69, 9.17) is 49.3 Å². The fourth-order valence-corrected chi connectivity index (χ4v) is 4.40. The molecule has 0 saturated carbocycles. The second-order valence-corrected chi connectivity index (χ2v) is 10.6. The highest BCUT2D eigenvalue weighted by Gasteiger charge is 2.50. The number of fused-ring (bicyclic) bond motifs is 3. The number of aryl methyl sites for hydroxylation is 1. The molecule has 1 aliphatic heterocycles. The molecule has 10 heteroatoms. The lowest BCUT2D eigenvalue weighted by molar-refractivity contribution is -0.123. The normalized spacial score (nSPS) is 17.2. The summed E-state index contributed by atoms with van der Waals surface area (Å²) in [6.07, 6.45) is 3.47. The first-order valence-corrected chi connectivity index (χ1v) is 12.9. The number of quaternary nitrogens is 1. The molecule has 2 heterocycles. The molecule has 0 radical (unpaired) electrons. The van der Waals surface area contributed by atoms with Gasteiger partial charge in [-0.05, 0) is 37.5 Å². The number of carbonyl (C=O) groups excluding carboxylic acids is 1. The molecule has 2 aromatic carbocycles. The third-order valence-electron chi connectivity index (χ3n) is 5.95. The van der Waals surface area contributed by atoms with Gasteiger partial charge in [-0.15, -0.1) is 4.59 Å². The molecule has 0 fully saturated rings. The van der Waals surface area contributed by atoms with Crippen molar-refractivity contribution in [2.75, 3.05) is 33.0 Å². The maximum absolute atomic E-state index is 13.0. The number of aromatic nitrogens is 1. The molecule has 1 atom stereocenters. The Morgan fingerprint density at radius 2 is 1.78 bits per heavy atom. The van der Waals surface area contributed by atoms with Crippen LogP contribution in [0.1, 0.15) is 18.9 Å². The summed E-state index contributed by atoms with van der Waals surface area (Å²) in [5.41, 5.74) is 6.33. The van der Waals surface area contributed by atoms with Gasteiger partial charge >= 0.3 is 5.91 Å². The van der Waals surface area contributed by atoms with Crippen molar-refractivity contribution >= 4 is 68.8 Å². The van der Waals surface area contributed by atoms with E-state index < -0.39 is 9.70 Å². The number of pyridine rings is 1. The molecule has 0 saturated heterocycles. The minimum Gasteiger partial charge on any atom is -0.375 e. The Bertz CT molecular complexity index is 1230. The Morgan fingerprint density at radius 3 is 2.53 bits per heavy atom. The van der Waals surface area contributed by atoms with Crippen LogP contribution in [0.25, 0.3) is 10.9 Å². The van der Waals surface area contributed by atoms with Crippen LogP contribution in [0.4, 0.5) is 11.4 Å². The van der Waals surface area contributed by atoms with Gasteiger partial charge in [-0.3, -0.25) is 9.78 Å². The van der Waals surface area contributed by atoms with Crippen LogP contribution in [0.3, 0.4) is 0 Å². The number of hydrogen-bond acceptors (Lipinski definition) is 5. The van der Waals surface area contributed by atoms with Gasteiger partial charge in [-0.25, -0.2) is 0 Å². The maximum Gasteiger partial charge on any atom is 0.317 e. The van der Waals surface area contributed by atoms with Gasteiger partial charge < -0.3 is 9.47 Å². The predicted octanol–water partition coefficient (Wildman–Crippen LogP) is 5.67. The number of amides is 1. The minimum atomic E-state index is -2.16. The van der Waals surface area contributed by atoms with E-state index in [1.807, 2.05) is 49.4 Å². The number of alkyl halides is 3. The van der Waals surface area contributed by atoms with Crippen LogP contribution >= 0.6 is 34.8 Å². The van der Waals surface area contributed by atoms with E-state index in [0.717, 1.165) is 29.4 Å². The largest absolute Gasteiger partial charge is 0.375 e. The summed E-state index contributed by atoms with van der Waals surface area (Å²) in [6.45, 7) is 3.76. The van der Waals surface area contributed by atoms with Gasteiger partial charge in [0, 0.05) is 13.2 Å². The van der Waals surface area contributed by atoms with Crippen LogP contribution in [0.15, 0.2) is 65.8 Å². The van der Waals surface area contributed by atoms with Crippen molar-refractivity contribution in [3.63, 3.8) is 0 Å². The summed E-state index contributed by atoms with van der Waals surface area (Å²) in [4.78, 5) is 22.3. The van der Waals surface area contributed by atoms with Gasteiger partial charge in [-0.2, -0.15) is 10.4 Å². The van der Waals surface area contributed by atoms with E-state index in [2.05, 4.69) is 22.5 Å². The highest BCUT2D eigenvalue weighted by Crippen LogP contribution is 2.44. The van der Waals surface area contributed by atoms with Gasteiger partial charge in [0.05, 0.1) is 23.7 Å². The van der Waals surface area contributed by atoms with Gasteiger partial charge in [-0.1, -0.05) is 77.3 Å². The van der Waals surface area contributed by atoms with Crippen molar-refractivity contribution in [2.24, 2.45) is 4.99 Å². The lowest BCUT2D eigenvalue weighted by atomic mass is 10.1. The first-order valence-electron chi connectivity index (χ1n) is 11.8. The topological polar surface area (TPSA) is 72.8 Å². The number of ether oxygens (including phenoxy) is 2. The third kappa shape index (κ3) is 5.99. The quantitative estimate of drug-likeness (QED) is 0.190. The first-order chi connectivity index (χ1) is 17.3. The van der Waals surface area contributed by atoms with Crippen LogP contribution in [0.2, 0.25) is 0 Å². The fraction of sp³-hybridized carbons (Fsp3) is 0.346. The second kappa shape index (κ2) is 11.9. The molecule has 4 rings (SSSR count). The molecule has 36 heavy (non-hydrogen) atoms. The zero-order chi connectivity index (χ0) is 25.6. The van der Waals surface area contributed by atoms with Crippen molar-refractivity contribution < 1.29 is 14.3 Å². The number of carbonyl (C=O) groups is 1. The molecular weight excluding hydrogens is 523 g/mol. The van der Waals surface area contributed by atoms with E-state index in [1.165, 1.54) is 5.56 Å². The molecule has 1 aliphatic rings. The summed E-state index contributed by atoms with van der Waals surface area (Å²) in [6, 6.07) is 17.9. The SMILES string of the molecule is CCOCC1=Nc2cnc3ccccc3c2[N+]1(CCOCCCc1ccccc1)NC(=O)C(Cl)(Cl)Cl. The average molecular weight is 551 g/mol. The molecule has 1 N–H and O–H groups in total. The van der Waals surface area contributed by atoms with Crippen molar-refractivity contribution in [1.82, 2.24) is 15.0 Å². The van der Waals surface area contributed by atoms with E-state index in [9.17, 15) is 4.79 Å². The number of benzene rings is 2. The van der Waals surface area contributed by atoms with E-state index in [1.54, 1.807) is 6.20 Å². The summed E-state index contributed by atoms with van der Waals surface area (Å²) in [7, 11) is 0.